The quantitative estimate of drug-likeness (QED) is 0.654. The van der Waals surface area contributed by atoms with Gasteiger partial charge in [-0.1, -0.05) is 0 Å². The van der Waals surface area contributed by atoms with E-state index in [1.54, 1.807) is 7.05 Å². The first-order valence-corrected chi connectivity index (χ1v) is 5.30. The molecule has 0 bridgehead atoms. The fourth-order valence-electron chi connectivity index (χ4n) is 2.05. The predicted octanol–water partition coefficient (Wildman–Crippen LogP) is -0.299. The molecule has 0 fully saturated rings. The second-order valence-electron chi connectivity index (χ2n) is 3.91. The molecule has 0 saturated carbocycles. The van der Waals surface area contributed by atoms with Crippen LogP contribution in [0, 0.1) is 0 Å². The molecule has 0 amide bonds. The number of hydrogen-bond donors (Lipinski definition) is 3. The van der Waals surface area contributed by atoms with Gasteiger partial charge in [0.15, 0.2) is 5.69 Å². The van der Waals surface area contributed by atoms with E-state index in [-0.39, 0.29) is 6.04 Å². The normalized spacial score (nSPS) is 18.8. The molecule has 1 unspecified atom stereocenters. The van der Waals surface area contributed by atoms with E-state index in [9.17, 15) is 14.7 Å². The van der Waals surface area contributed by atoms with Crippen LogP contribution < -0.4 is 10.9 Å². The molecule has 3 N–H and O–H groups in total. The van der Waals surface area contributed by atoms with Crippen molar-refractivity contribution in [3.8, 4) is 5.75 Å². The van der Waals surface area contributed by atoms with Crippen LogP contribution in [0.15, 0.2) is 4.79 Å². The molecule has 0 radical (unpaired) electrons. The minimum atomic E-state index is -1.40. The fraction of sp³-hybridized carbons (Fsp3) is 0.500. The molecule has 1 aromatic rings. The molecule has 1 aliphatic heterocycles. The highest BCUT2D eigenvalue weighted by atomic mass is 16.4. The lowest BCUT2D eigenvalue weighted by Crippen LogP contribution is -2.35. The third kappa shape index (κ3) is 1.78. The average molecular weight is 239 g/mol. The number of aromatic carboxylic acids is 1. The maximum absolute atomic E-state index is 11.8. The van der Waals surface area contributed by atoms with Crippen LogP contribution in [0.5, 0.6) is 5.75 Å². The molecule has 0 saturated heterocycles. The molecule has 92 valence electrons. The predicted molar refractivity (Wildman–Crippen MR) is 58.2 cm³/mol. The fourth-order valence-corrected chi connectivity index (χ4v) is 2.05. The summed E-state index contributed by atoms with van der Waals surface area (Å²) in [6, 6.07) is -0.157. The zero-order valence-corrected chi connectivity index (χ0v) is 9.30. The monoisotopic (exact) mass is 239 g/mol. The first kappa shape index (κ1) is 11.6. The Morgan fingerprint density at radius 2 is 2.29 bits per heavy atom. The molecular weight excluding hydrogens is 226 g/mol. The van der Waals surface area contributed by atoms with Gasteiger partial charge < -0.3 is 15.5 Å². The van der Waals surface area contributed by atoms with Crippen LogP contribution in [0.4, 0.5) is 0 Å². The van der Waals surface area contributed by atoms with Crippen LogP contribution in [-0.2, 0) is 6.54 Å². The summed E-state index contributed by atoms with van der Waals surface area (Å²) in [7, 11) is 1.72. The molecule has 7 nitrogen and oxygen atoms in total. The topological polar surface area (TPSA) is 104 Å². The molecule has 0 spiro atoms. The van der Waals surface area contributed by atoms with Crippen LogP contribution in [0.25, 0.3) is 0 Å². The van der Waals surface area contributed by atoms with Crippen molar-refractivity contribution in [2.75, 3.05) is 7.05 Å². The summed E-state index contributed by atoms with van der Waals surface area (Å²) in [5.41, 5.74) is -1.27. The Hall–Kier alpha value is -1.89. The maximum Gasteiger partial charge on any atom is 0.358 e. The van der Waals surface area contributed by atoms with E-state index in [4.69, 9.17) is 5.11 Å². The lowest BCUT2D eigenvalue weighted by molar-refractivity contribution is 0.0685. The van der Waals surface area contributed by atoms with E-state index in [1.165, 1.54) is 4.57 Å². The molecule has 17 heavy (non-hydrogen) atoms. The molecule has 2 heterocycles. The van der Waals surface area contributed by atoms with Gasteiger partial charge in [0.25, 0.3) is 5.56 Å². The van der Waals surface area contributed by atoms with Crippen molar-refractivity contribution in [2.45, 2.75) is 25.4 Å². The highest BCUT2D eigenvalue weighted by molar-refractivity contribution is 5.88. The number of nitrogens with one attached hydrogen (secondary N) is 1. The van der Waals surface area contributed by atoms with Gasteiger partial charge in [-0.2, -0.15) is 0 Å². The summed E-state index contributed by atoms with van der Waals surface area (Å²) in [5, 5.41) is 21.3. The number of aromatic hydroxyl groups is 1. The molecule has 0 aromatic carbocycles. The van der Waals surface area contributed by atoms with Crippen molar-refractivity contribution < 1.29 is 15.0 Å². The lowest BCUT2D eigenvalue weighted by atomic mass is 10.1. The smallest absolute Gasteiger partial charge is 0.358 e. The molecular formula is C10H13N3O4. The number of nitrogens with zero attached hydrogens (tertiary/aromatic N) is 2. The summed E-state index contributed by atoms with van der Waals surface area (Å²) >= 11 is 0. The molecule has 1 aromatic heterocycles. The van der Waals surface area contributed by atoms with E-state index in [1.807, 2.05) is 0 Å². The van der Waals surface area contributed by atoms with Crippen molar-refractivity contribution in [3.05, 3.63) is 21.9 Å². The Labute approximate surface area is 96.7 Å². The lowest BCUT2D eigenvalue weighted by Gasteiger charge is -2.25. The standard InChI is InChI=1S/C10H13N3O4/c1-11-5-3-2-4-13-8(5)12-6(10(16)17)7(14)9(13)15/h5,11,14H,2-4H2,1H3,(H,16,17). The van der Waals surface area contributed by atoms with E-state index in [0.717, 1.165) is 12.8 Å². The van der Waals surface area contributed by atoms with Gasteiger partial charge in [0.05, 0.1) is 6.04 Å². The molecule has 0 aliphatic carbocycles. The highest BCUT2D eigenvalue weighted by Gasteiger charge is 2.27. The number of aromatic nitrogens is 2. The second-order valence-corrected chi connectivity index (χ2v) is 3.91. The zero-order valence-electron chi connectivity index (χ0n) is 9.30. The van der Waals surface area contributed by atoms with Crippen molar-refractivity contribution in [2.24, 2.45) is 0 Å². The Morgan fingerprint density at radius 3 is 2.88 bits per heavy atom. The van der Waals surface area contributed by atoms with Gasteiger partial charge in [-0.15, -0.1) is 0 Å². The van der Waals surface area contributed by atoms with Gasteiger partial charge in [-0.05, 0) is 19.9 Å². The van der Waals surface area contributed by atoms with E-state index in [0.29, 0.717) is 12.4 Å². The minimum absolute atomic E-state index is 0.157. The van der Waals surface area contributed by atoms with Gasteiger partial charge in [0.1, 0.15) is 5.82 Å². The zero-order chi connectivity index (χ0) is 12.6. The van der Waals surface area contributed by atoms with Crippen LogP contribution >= 0.6 is 0 Å². The first-order valence-electron chi connectivity index (χ1n) is 5.30. The number of hydrogen-bond acceptors (Lipinski definition) is 5. The summed E-state index contributed by atoms with van der Waals surface area (Å²) in [6.45, 7) is 0.451. The molecule has 1 aliphatic rings. The maximum atomic E-state index is 11.8. The number of carboxylic acid groups (broad SMARTS) is 1. The van der Waals surface area contributed by atoms with Crippen LogP contribution in [-0.4, -0.2) is 32.8 Å². The number of carbonyl (C=O) groups is 1. The molecule has 2 rings (SSSR count). The van der Waals surface area contributed by atoms with E-state index < -0.39 is 23.0 Å². The van der Waals surface area contributed by atoms with Gasteiger partial charge in [-0.3, -0.25) is 9.36 Å². The largest absolute Gasteiger partial charge is 0.501 e. The van der Waals surface area contributed by atoms with Crippen LogP contribution in [0.3, 0.4) is 0 Å². The van der Waals surface area contributed by atoms with Gasteiger partial charge in [-0.25, -0.2) is 9.78 Å². The Kier molecular flexibility index (Phi) is 2.84. The van der Waals surface area contributed by atoms with Gasteiger partial charge >= 0.3 is 5.97 Å². The molecule has 7 heteroatoms. The van der Waals surface area contributed by atoms with Crippen molar-refractivity contribution >= 4 is 5.97 Å². The third-order valence-electron chi connectivity index (χ3n) is 2.91. The Morgan fingerprint density at radius 1 is 1.59 bits per heavy atom. The summed E-state index contributed by atoms with van der Waals surface area (Å²) in [4.78, 5) is 26.5. The van der Waals surface area contributed by atoms with Gasteiger partial charge in [0.2, 0.25) is 5.75 Å². The average Bonchev–Trinajstić information content (AvgIpc) is 2.32. The summed E-state index contributed by atoms with van der Waals surface area (Å²) < 4.78 is 1.33. The van der Waals surface area contributed by atoms with Crippen molar-refractivity contribution in [1.29, 1.82) is 0 Å². The summed E-state index contributed by atoms with van der Waals surface area (Å²) in [6.07, 6.45) is 1.57. The SMILES string of the molecule is CNC1CCCn2c1nc(C(=O)O)c(O)c2=O. The third-order valence-corrected chi connectivity index (χ3v) is 2.91. The minimum Gasteiger partial charge on any atom is -0.501 e. The number of carboxylic acids is 1. The first-order chi connectivity index (χ1) is 8.06. The number of rotatable bonds is 2. The molecule has 1 atom stereocenters. The van der Waals surface area contributed by atoms with Crippen LogP contribution in [0.2, 0.25) is 0 Å². The van der Waals surface area contributed by atoms with E-state index >= 15 is 0 Å². The Bertz CT molecular complexity index is 523. The van der Waals surface area contributed by atoms with Crippen molar-refractivity contribution in [1.82, 2.24) is 14.9 Å². The number of fused-ring (bicyclic) bond motifs is 1. The van der Waals surface area contributed by atoms with Gasteiger partial charge in [0, 0.05) is 6.54 Å². The van der Waals surface area contributed by atoms with Crippen LogP contribution in [0.1, 0.15) is 35.2 Å². The second kappa shape index (κ2) is 4.17. The van der Waals surface area contributed by atoms with E-state index in [2.05, 4.69) is 10.3 Å². The summed E-state index contributed by atoms with van der Waals surface area (Å²) in [5.74, 6) is -1.82. The highest BCUT2D eigenvalue weighted by Crippen LogP contribution is 2.23. The van der Waals surface area contributed by atoms with Crippen molar-refractivity contribution in [3.63, 3.8) is 0 Å². The Balaban J connectivity index is 2.68.